The minimum absolute atomic E-state index is 0.0654. The number of imidazole rings is 1. The number of rotatable bonds is 7. The molecule has 1 amide bonds. The summed E-state index contributed by atoms with van der Waals surface area (Å²) in [5.74, 6) is -1.77. The van der Waals surface area contributed by atoms with E-state index in [-0.39, 0.29) is 40.1 Å². The Hall–Kier alpha value is -5.01. The molecule has 0 aliphatic rings. The predicted molar refractivity (Wildman–Crippen MR) is 143 cm³/mol. The zero-order chi connectivity index (χ0) is 30.3. The van der Waals surface area contributed by atoms with E-state index >= 15 is 4.39 Å². The minimum Gasteiger partial charge on any atom is -0.482 e. The molecule has 0 aliphatic heterocycles. The van der Waals surface area contributed by atoms with Crippen molar-refractivity contribution in [2.75, 3.05) is 11.9 Å². The summed E-state index contributed by atoms with van der Waals surface area (Å²) in [6.45, 7) is 0.802. The second-order valence-corrected chi connectivity index (χ2v) is 9.57. The number of H-pyrrole nitrogens is 1. The van der Waals surface area contributed by atoms with E-state index in [4.69, 9.17) is 4.74 Å². The third kappa shape index (κ3) is 5.34. The largest absolute Gasteiger partial charge is 0.482 e. The standard InChI is InChI=1S/C28H23F5N6O3/c1-15-8-16(9-21(30)26(15)42-13-23-34-14-35-36-23)20-10-17(28(31,32)33)11-22-25(20)38(3)27(41)39(22)12-24(40)37(2)19-6-4-18(29)5-7-19/h4-11,14H,12-13H2,1-3H3,(H,34,35,36). The van der Waals surface area contributed by atoms with Crippen LogP contribution in [0.3, 0.4) is 0 Å². The first-order chi connectivity index (χ1) is 19.8. The number of carbonyl (C=O) groups is 1. The Bertz CT molecular complexity index is 1820. The van der Waals surface area contributed by atoms with Crippen LogP contribution in [0.1, 0.15) is 17.0 Å². The second-order valence-electron chi connectivity index (χ2n) is 9.57. The lowest BCUT2D eigenvalue weighted by atomic mass is 9.98. The van der Waals surface area contributed by atoms with Crippen molar-refractivity contribution in [3.8, 4) is 16.9 Å². The third-order valence-corrected chi connectivity index (χ3v) is 6.80. The van der Waals surface area contributed by atoms with Gasteiger partial charge in [-0.05, 0) is 66.6 Å². The Kier molecular flexibility index (Phi) is 7.31. The first-order valence-corrected chi connectivity index (χ1v) is 12.5. The van der Waals surface area contributed by atoms with Crippen LogP contribution in [0, 0.1) is 18.6 Å². The average molecular weight is 587 g/mol. The molecule has 0 saturated heterocycles. The van der Waals surface area contributed by atoms with Crippen LogP contribution in [0.5, 0.6) is 5.75 Å². The van der Waals surface area contributed by atoms with E-state index in [0.29, 0.717) is 11.5 Å². The maximum Gasteiger partial charge on any atom is 0.416 e. The van der Waals surface area contributed by atoms with Crippen LogP contribution >= 0.6 is 0 Å². The molecule has 218 valence electrons. The molecule has 2 aromatic heterocycles. The van der Waals surface area contributed by atoms with Gasteiger partial charge in [-0.2, -0.15) is 13.2 Å². The second kappa shape index (κ2) is 10.8. The van der Waals surface area contributed by atoms with Crippen LogP contribution in [0.15, 0.2) is 59.7 Å². The summed E-state index contributed by atoms with van der Waals surface area (Å²) in [6, 6.07) is 9.10. The molecular formula is C28H23F5N6O3. The molecule has 5 aromatic rings. The topological polar surface area (TPSA) is 98.0 Å². The van der Waals surface area contributed by atoms with Crippen LogP contribution < -0.4 is 15.3 Å². The molecule has 14 heteroatoms. The summed E-state index contributed by atoms with van der Waals surface area (Å²) in [5.41, 5.74) is -1.34. The van der Waals surface area contributed by atoms with Gasteiger partial charge in [0.25, 0.3) is 0 Å². The number of alkyl halides is 3. The first kappa shape index (κ1) is 28.5. The molecule has 2 heterocycles. The number of halogens is 5. The minimum atomic E-state index is -4.82. The summed E-state index contributed by atoms with van der Waals surface area (Å²) < 4.78 is 78.3. The van der Waals surface area contributed by atoms with E-state index in [2.05, 4.69) is 15.2 Å². The number of aryl methyl sites for hydroxylation is 2. The summed E-state index contributed by atoms with van der Waals surface area (Å²) in [4.78, 5) is 30.2. The van der Waals surface area contributed by atoms with Crippen LogP contribution in [0.25, 0.3) is 22.2 Å². The van der Waals surface area contributed by atoms with Crippen LogP contribution in [0.2, 0.25) is 0 Å². The Labute approximate surface area is 234 Å². The number of benzene rings is 3. The van der Waals surface area contributed by atoms with E-state index in [9.17, 15) is 27.2 Å². The van der Waals surface area contributed by atoms with Crippen molar-refractivity contribution in [1.82, 2.24) is 24.3 Å². The molecule has 5 rings (SSSR count). The summed E-state index contributed by atoms with van der Waals surface area (Å²) >= 11 is 0. The molecule has 0 atom stereocenters. The zero-order valence-corrected chi connectivity index (χ0v) is 22.5. The number of anilines is 1. The quantitative estimate of drug-likeness (QED) is 0.272. The molecule has 9 nitrogen and oxygen atoms in total. The van der Waals surface area contributed by atoms with Crippen LogP contribution in [-0.4, -0.2) is 37.3 Å². The van der Waals surface area contributed by atoms with Crippen LogP contribution in [0.4, 0.5) is 27.6 Å². The highest BCUT2D eigenvalue weighted by molar-refractivity contribution is 5.96. The van der Waals surface area contributed by atoms with Gasteiger partial charge in [0.2, 0.25) is 5.91 Å². The lowest BCUT2D eigenvalue weighted by Gasteiger charge is -2.18. The van der Waals surface area contributed by atoms with Crippen molar-refractivity contribution in [2.24, 2.45) is 7.05 Å². The number of ether oxygens (including phenoxy) is 1. The predicted octanol–water partition coefficient (Wildman–Crippen LogP) is 4.97. The number of likely N-dealkylation sites (N-methyl/N-ethyl adjacent to an activating group) is 1. The average Bonchev–Trinajstić information content (AvgIpc) is 3.54. The van der Waals surface area contributed by atoms with E-state index in [1.54, 1.807) is 0 Å². The summed E-state index contributed by atoms with van der Waals surface area (Å²) in [5, 5.41) is 7.37. The molecule has 0 saturated carbocycles. The highest BCUT2D eigenvalue weighted by Crippen LogP contribution is 2.39. The van der Waals surface area contributed by atoms with Gasteiger partial charge in [-0.25, -0.2) is 13.6 Å². The Morgan fingerprint density at radius 3 is 2.43 bits per heavy atom. The number of nitrogens with one attached hydrogen (secondary N) is 1. The maximum absolute atomic E-state index is 15.3. The molecule has 3 aromatic carbocycles. The fourth-order valence-electron chi connectivity index (χ4n) is 4.65. The molecule has 0 bridgehead atoms. The van der Waals surface area contributed by atoms with Crippen molar-refractivity contribution >= 4 is 22.6 Å². The van der Waals surface area contributed by atoms with E-state index < -0.39 is 41.5 Å². The van der Waals surface area contributed by atoms with Crippen molar-refractivity contribution in [3.63, 3.8) is 0 Å². The number of fused-ring (bicyclic) bond motifs is 1. The number of aromatic amines is 1. The molecule has 0 unspecified atom stereocenters. The maximum atomic E-state index is 15.3. The lowest BCUT2D eigenvalue weighted by molar-refractivity contribution is -0.137. The van der Waals surface area contributed by atoms with Gasteiger partial charge in [-0.15, -0.1) is 10.2 Å². The van der Waals surface area contributed by atoms with Crippen molar-refractivity contribution in [2.45, 2.75) is 26.3 Å². The van der Waals surface area contributed by atoms with Gasteiger partial charge in [-0.3, -0.25) is 13.9 Å². The zero-order valence-electron chi connectivity index (χ0n) is 22.5. The highest BCUT2D eigenvalue weighted by atomic mass is 19.4. The third-order valence-electron chi connectivity index (χ3n) is 6.80. The Balaban J connectivity index is 1.60. The lowest BCUT2D eigenvalue weighted by Crippen LogP contribution is -2.34. The van der Waals surface area contributed by atoms with Crippen molar-refractivity contribution in [1.29, 1.82) is 0 Å². The molecule has 0 fully saturated rings. The number of nitrogens with zero attached hydrogens (tertiary/aromatic N) is 5. The summed E-state index contributed by atoms with van der Waals surface area (Å²) in [7, 11) is 2.75. The van der Waals surface area contributed by atoms with Gasteiger partial charge in [0.15, 0.2) is 17.4 Å². The number of amides is 1. The molecule has 0 radical (unpaired) electrons. The SMILES string of the molecule is Cc1cc(-c2cc(C(F)(F)F)cc3c2n(C)c(=O)n3CC(=O)N(C)c2ccc(F)cc2)cc(F)c1OCc1nnc[nH]1. The number of hydrogen-bond donors (Lipinski definition) is 1. The molecule has 0 aliphatic carbocycles. The fraction of sp³-hybridized carbons (Fsp3) is 0.214. The fourth-order valence-corrected chi connectivity index (χ4v) is 4.65. The van der Waals surface area contributed by atoms with E-state index in [1.165, 1.54) is 45.5 Å². The van der Waals surface area contributed by atoms with Crippen molar-refractivity contribution < 1.29 is 31.5 Å². The molecule has 42 heavy (non-hydrogen) atoms. The first-order valence-electron chi connectivity index (χ1n) is 12.5. The number of aromatic nitrogens is 5. The number of carbonyl (C=O) groups excluding carboxylic acids is 1. The van der Waals surface area contributed by atoms with Gasteiger partial charge < -0.3 is 14.6 Å². The summed E-state index contributed by atoms with van der Waals surface area (Å²) in [6.07, 6.45) is -3.49. The normalized spacial score (nSPS) is 11.7. The van der Waals surface area contributed by atoms with E-state index in [0.717, 1.165) is 44.4 Å². The van der Waals surface area contributed by atoms with E-state index in [1.807, 2.05) is 0 Å². The highest BCUT2D eigenvalue weighted by Gasteiger charge is 2.33. The Morgan fingerprint density at radius 2 is 1.81 bits per heavy atom. The van der Waals surface area contributed by atoms with Gasteiger partial charge in [-0.1, -0.05) is 0 Å². The molecule has 0 spiro atoms. The van der Waals surface area contributed by atoms with Gasteiger partial charge in [0, 0.05) is 25.3 Å². The van der Waals surface area contributed by atoms with Gasteiger partial charge in [0.1, 0.15) is 25.3 Å². The monoisotopic (exact) mass is 586 g/mol. The van der Waals surface area contributed by atoms with Crippen molar-refractivity contribution in [3.05, 3.63) is 93.9 Å². The Morgan fingerprint density at radius 1 is 1.10 bits per heavy atom. The van der Waals surface area contributed by atoms with Crippen LogP contribution in [-0.2, 0) is 31.2 Å². The smallest absolute Gasteiger partial charge is 0.416 e. The number of hydrogen-bond acceptors (Lipinski definition) is 5. The van der Waals surface area contributed by atoms with Gasteiger partial charge in [0.05, 0.1) is 16.6 Å². The molecule has 1 N–H and O–H groups in total. The molecular weight excluding hydrogens is 563 g/mol. The van der Waals surface area contributed by atoms with Gasteiger partial charge >= 0.3 is 11.9 Å².